The van der Waals surface area contributed by atoms with Crippen LogP contribution in [0.4, 0.5) is 0 Å². The molecule has 5 heteroatoms. The normalized spacial score (nSPS) is 30.2. The van der Waals surface area contributed by atoms with Crippen LogP contribution < -0.4 is 5.32 Å². The van der Waals surface area contributed by atoms with E-state index in [4.69, 9.17) is 4.74 Å². The van der Waals surface area contributed by atoms with E-state index < -0.39 is 5.60 Å². The number of benzene rings is 1. The van der Waals surface area contributed by atoms with Crippen LogP contribution in [-0.2, 0) is 9.53 Å². The Hall–Kier alpha value is -1.43. The Morgan fingerprint density at radius 3 is 2.63 bits per heavy atom. The van der Waals surface area contributed by atoms with Gasteiger partial charge < -0.3 is 15.2 Å². The number of amides is 1. The molecule has 3 unspecified atom stereocenters. The predicted molar refractivity (Wildman–Crippen MR) is 106 cm³/mol. The number of rotatable bonds is 6. The lowest BCUT2D eigenvalue weighted by Gasteiger charge is -2.50. The molecule has 1 saturated carbocycles. The standard InChI is InChI=1S/C22H34N2O3/c1-22(26)13-14-24(15-17-9-5-3-6-10-17)20(18-11-7-4-8-12-18)21(22)23-19(25)16-27-2/h4,7-8,11-12,17,20-21,26H,3,5-6,9-10,13-16H2,1-2H3,(H,23,25). The highest BCUT2D eigenvalue weighted by Gasteiger charge is 2.46. The zero-order chi connectivity index (χ0) is 19.3. The summed E-state index contributed by atoms with van der Waals surface area (Å²) >= 11 is 0. The van der Waals surface area contributed by atoms with Gasteiger partial charge in [0.15, 0.2) is 0 Å². The van der Waals surface area contributed by atoms with E-state index in [9.17, 15) is 9.90 Å². The van der Waals surface area contributed by atoms with Gasteiger partial charge in [-0.3, -0.25) is 9.69 Å². The second-order valence-corrected chi connectivity index (χ2v) is 8.44. The van der Waals surface area contributed by atoms with E-state index >= 15 is 0 Å². The zero-order valence-corrected chi connectivity index (χ0v) is 16.7. The Balaban J connectivity index is 1.86. The number of aliphatic hydroxyl groups is 1. The molecule has 3 atom stereocenters. The molecule has 0 spiro atoms. The van der Waals surface area contributed by atoms with Crippen LogP contribution in [0.3, 0.4) is 0 Å². The molecule has 3 rings (SSSR count). The van der Waals surface area contributed by atoms with Crippen LogP contribution in [0.1, 0.15) is 57.1 Å². The third-order valence-electron chi connectivity index (χ3n) is 6.23. The molecular formula is C22H34N2O3. The van der Waals surface area contributed by atoms with Crippen LogP contribution in [0, 0.1) is 5.92 Å². The summed E-state index contributed by atoms with van der Waals surface area (Å²) in [7, 11) is 1.52. The summed E-state index contributed by atoms with van der Waals surface area (Å²) in [5, 5.41) is 14.2. The van der Waals surface area contributed by atoms with Crippen molar-refractivity contribution in [1.29, 1.82) is 0 Å². The minimum absolute atomic E-state index is 0.0106. The van der Waals surface area contributed by atoms with Crippen LogP contribution in [0.2, 0.25) is 0 Å². The Kier molecular flexibility index (Phi) is 6.90. The fraction of sp³-hybridized carbons (Fsp3) is 0.682. The van der Waals surface area contributed by atoms with Crippen molar-refractivity contribution in [2.75, 3.05) is 26.8 Å². The van der Waals surface area contributed by atoms with Crippen molar-refractivity contribution in [3.63, 3.8) is 0 Å². The lowest BCUT2D eigenvalue weighted by molar-refractivity contribution is -0.132. The van der Waals surface area contributed by atoms with Gasteiger partial charge in [0.1, 0.15) is 6.61 Å². The van der Waals surface area contributed by atoms with Crippen LogP contribution >= 0.6 is 0 Å². The molecule has 2 fully saturated rings. The molecular weight excluding hydrogens is 340 g/mol. The number of carbonyl (C=O) groups is 1. The van der Waals surface area contributed by atoms with Gasteiger partial charge in [-0.25, -0.2) is 0 Å². The monoisotopic (exact) mass is 374 g/mol. The van der Waals surface area contributed by atoms with Crippen molar-refractivity contribution < 1.29 is 14.6 Å². The molecule has 150 valence electrons. The van der Waals surface area contributed by atoms with Crippen molar-refractivity contribution in [3.8, 4) is 0 Å². The van der Waals surface area contributed by atoms with E-state index in [1.165, 1.54) is 39.2 Å². The van der Waals surface area contributed by atoms with Gasteiger partial charge in [0.25, 0.3) is 0 Å². The van der Waals surface area contributed by atoms with E-state index in [0.717, 1.165) is 18.7 Å². The van der Waals surface area contributed by atoms with Gasteiger partial charge in [-0.2, -0.15) is 0 Å². The van der Waals surface area contributed by atoms with Gasteiger partial charge in [-0.1, -0.05) is 49.6 Å². The second kappa shape index (κ2) is 9.18. The topological polar surface area (TPSA) is 61.8 Å². The first-order chi connectivity index (χ1) is 13.0. The lowest BCUT2D eigenvalue weighted by Crippen LogP contribution is -2.63. The van der Waals surface area contributed by atoms with Crippen molar-refractivity contribution >= 4 is 5.91 Å². The number of piperidine rings is 1. The Morgan fingerprint density at radius 2 is 1.96 bits per heavy atom. The van der Waals surface area contributed by atoms with Crippen molar-refractivity contribution in [2.24, 2.45) is 5.92 Å². The summed E-state index contributed by atoms with van der Waals surface area (Å²) in [6, 6.07) is 9.90. The first-order valence-corrected chi connectivity index (χ1v) is 10.3. The highest BCUT2D eigenvalue weighted by atomic mass is 16.5. The van der Waals surface area contributed by atoms with Crippen LogP contribution in [0.15, 0.2) is 30.3 Å². The number of carbonyl (C=O) groups excluding carboxylic acids is 1. The van der Waals surface area contributed by atoms with Crippen LogP contribution in [0.5, 0.6) is 0 Å². The molecule has 1 aromatic rings. The summed E-state index contributed by atoms with van der Waals surface area (Å²) in [6.07, 6.45) is 7.22. The number of methoxy groups -OCH3 is 1. The SMILES string of the molecule is COCC(=O)NC1C(c2ccccc2)N(CC2CCCCC2)CCC1(C)O. The maximum absolute atomic E-state index is 12.3. The maximum Gasteiger partial charge on any atom is 0.246 e. The number of hydrogen-bond acceptors (Lipinski definition) is 4. The summed E-state index contributed by atoms with van der Waals surface area (Å²) in [5.74, 6) is 0.534. The van der Waals surface area contributed by atoms with Crippen molar-refractivity contribution in [3.05, 3.63) is 35.9 Å². The molecule has 1 amide bonds. The average Bonchev–Trinajstić information content (AvgIpc) is 2.66. The molecule has 2 N–H and O–H groups in total. The molecule has 1 heterocycles. The third-order valence-corrected chi connectivity index (χ3v) is 6.23. The highest BCUT2D eigenvalue weighted by molar-refractivity contribution is 5.77. The van der Waals surface area contributed by atoms with Gasteiger partial charge in [0.05, 0.1) is 17.7 Å². The zero-order valence-electron chi connectivity index (χ0n) is 16.7. The third kappa shape index (κ3) is 5.09. The van der Waals surface area contributed by atoms with E-state index in [0.29, 0.717) is 12.3 Å². The van der Waals surface area contributed by atoms with Crippen LogP contribution in [-0.4, -0.2) is 54.4 Å². The van der Waals surface area contributed by atoms with Crippen molar-refractivity contribution in [1.82, 2.24) is 10.2 Å². The van der Waals surface area contributed by atoms with Crippen molar-refractivity contribution in [2.45, 2.75) is 63.1 Å². The molecule has 0 radical (unpaired) electrons. The smallest absolute Gasteiger partial charge is 0.246 e. The Labute approximate surface area is 163 Å². The second-order valence-electron chi connectivity index (χ2n) is 8.44. The number of nitrogens with one attached hydrogen (secondary N) is 1. The summed E-state index contributed by atoms with van der Waals surface area (Å²) in [5.41, 5.74) is 0.198. The van der Waals surface area contributed by atoms with E-state index in [1.54, 1.807) is 0 Å². The minimum Gasteiger partial charge on any atom is -0.388 e. The minimum atomic E-state index is -0.951. The van der Waals surface area contributed by atoms with Gasteiger partial charge in [-0.05, 0) is 37.7 Å². The molecule has 1 aliphatic carbocycles. The number of ether oxygens (including phenoxy) is 1. The van der Waals surface area contributed by atoms with Gasteiger partial charge in [-0.15, -0.1) is 0 Å². The first kappa shape index (κ1) is 20.3. The van der Waals surface area contributed by atoms with E-state index in [2.05, 4.69) is 22.3 Å². The predicted octanol–water partition coefficient (Wildman–Crippen LogP) is 2.90. The molecule has 1 aromatic carbocycles. The quantitative estimate of drug-likeness (QED) is 0.804. The fourth-order valence-corrected chi connectivity index (χ4v) is 4.76. The fourth-order valence-electron chi connectivity index (χ4n) is 4.76. The average molecular weight is 375 g/mol. The van der Waals surface area contributed by atoms with Gasteiger partial charge in [0, 0.05) is 20.2 Å². The Bertz CT molecular complexity index is 599. The summed E-state index contributed by atoms with van der Waals surface area (Å²) in [6.45, 7) is 3.74. The summed E-state index contributed by atoms with van der Waals surface area (Å²) < 4.78 is 5.00. The molecule has 1 aliphatic heterocycles. The van der Waals surface area contributed by atoms with E-state index in [1.807, 2.05) is 25.1 Å². The first-order valence-electron chi connectivity index (χ1n) is 10.3. The van der Waals surface area contributed by atoms with Gasteiger partial charge >= 0.3 is 0 Å². The molecule has 2 aliphatic rings. The largest absolute Gasteiger partial charge is 0.388 e. The molecule has 1 saturated heterocycles. The number of hydrogen-bond donors (Lipinski definition) is 2. The van der Waals surface area contributed by atoms with Crippen LogP contribution in [0.25, 0.3) is 0 Å². The number of likely N-dealkylation sites (tertiary alicyclic amines) is 1. The highest BCUT2D eigenvalue weighted by Crippen LogP contribution is 2.38. The molecule has 5 nitrogen and oxygen atoms in total. The molecule has 27 heavy (non-hydrogen) atoms. The summed E-state index contributed by atoms with van der Waals surface area (Å²) in [4.78, 5) is 14.8. The van der Waals surface area contributed by atoms with E-state index in [-0.39, 0.29) is 24.6 Å². The molecule has 0 bridgehead atoms. The maximum atomic E-state index is 12.3. The number of nitrogens with zero attached hydrogens (tertiary/aromatic N) is 1. The lowest BCUT2D eigenvalue weighted by atomic mass is 9.78. The molecule has 0 aromatic heterocycles. The van der Waals surface area contributed by atoms with Gasteiger partial charge in [0.2, 0.25) is 5.91 Å². The Morgan fingerprint density at radius 1 is 1.26 bits per heavy atom.